The molecule has 0 spiro atoms. The maximum Gasteiger partial charge on any atom is 0.0762 e. The highest BCUT2D eigenvalue weighted by atomic mass is 16.5. The SMILES string of the molecule is CC(C)n1ccc(CNCCOCCO)n1. The van der Waals surface area contributed by atoms with Crippen molar-refractivity contribution in [1.29, 1.82) is 0 Å². The first-order valence-electron chi connectivity index (χ1n) is 5.67. The van der Waals surface area contributed by atoms with Crippen molar-refractivity contribution in [1.82, 2.24) is 15.1 Å². The molecule has 0 saturated heterocycles. The third-order valence-electron chi connectivity index (χ3n) is 2.16. The van der Waals surface area contributed by atoms with Crippen molar-refractivity contribution < 1.29 is 9.84 Å². The highest BCUT2D eigenvalue weighted by Crippen LogP contribution is 2.03. The monoisotopic (exact) mass is 227 g/mol. The van der Waals surface area contributed by atoms with E-state index >= 15 is 0 Å². The summed E-state index contributed by atoms with van der Waals surface area (Å²) in [5.74, 6) is 0. The molecule has 0 radical (unpaired) electrons. The second-order valence-electron chi connectivity index (χ2n) is 3.89. The average Bonchev–Trinajstić information content (AvgIpc) is 2.72. The smallest absolute Gasteiger partial charge is 0.0762 e. The Labute approximate surface area is 96.4 Å². The van der Waals surface area contributed by atoms with E-state index in [-0.39, 0.29) is 6.61 Å². The van der Waals surface area contributed by atoms with Gasteiger partial charge in [-0.25, -0.2) is 0 Å². The summed E-state index contributed by atoms with van der Waals surface area (Å²) in [6.45, 7) is 6.84. The number of nitrogens with one attached hydrogen (secondary N) is 1. The van der Waals surface area contributed by atoms with Crippen molar-refractivity contribution in [3.63, 3.8) is 0 Å². The van der Waals surface area contributed by atoms with E-state index in [1.165, 1.54) is 0 Å². The van der Waals surface area contributed by atoms with Gasteiger partial charge in [0.1, 0.15) is 0 Å². The molecule has 0 aliphatic rings. The van der Waals surface area contributed by atoms with Gasteiger partial charge < -0.3 is 15.2 Å². The van der Waals surface area contributed by atoms with Gasteiger partial charge in [-0.05, 0) is 19.9 Å². The molecule has 0 aliphatic carbocycles. The summed E-state index contributed by atoms with van der Waals surface area (Å²) in [5.41, 5.74) is 1.04. The van der Waals surface area contributed by atoms with Gasteiger partial charge in [0.25, 0.3) is 0 Å². The molecule has 1 aromatic heterocycles. The molecular formula is C11H21N3O2. The highest BCUT2D eigenvalue weighted by Gasteiger charge is 2.00. The van der Waals surface area contributed by atoms with E-state index in [2.05, 4.69) is 24.3 Å². The molecule has 16 heavy (non-hydrogen) atoms. The molecule has 0 saturated carbocycles. The maximum absolute atomic E-state index is 8.50. The van der Waals surface area contributed by atoms with Crippen LogP contribution < -0.4 is 5.32 Å². The zero-order valence-corrected chi connectivity index (χ0v) is 10.0. The van der Waals surface area contributed by atoms with Gasteiger partial charge in [-0.1, -0.05) is 0 Å². The van der Waals surface area contributed by atoms with Crippen LogP contribution in [0.2, 0.25) is 0 Å². The minimum Gasteiger partial charge on any atom is -0.394 e. The first-order valence-corrected chi connectivity index (χ1v) is 5.67. The van der Waals surface area contributed by atoms with Gasteiger partial charge in [-0.3, -0.25) is 4.68 Å². The van der Waals surface area contributed by atoms with Crippen LogP contribution in [-0.2, 0) is 11.3 Å². The fraction of sp³-hybridized carbons (Fsp3) is 0.727. The van der Waals surface area contributed by atoms with Crippen LogP contribution >= 0.6 is 0 Å². The Bertz CT molecular complexity index is 287. The lowest BCUT2D eigenvalue weighted by atomic mass is 10.4. The van der Waals surface area contributed by atoms with Crippen molar-refractivity contribution in [3.05, 3.63) is 18.0 Å². The predicted octanol–water partition coefficient (Wildman–Crippen LogP) is 0.562. The third kappa shape index (κ3) is 4.74. The second kappa shape index (κ2) is 7.38. The van der Waals surface area contributed by atoms with Crippen LogP contribution in [-0.4, -0.2) is 41.3 Å². The van der Waals surface area contributed by atoms with Crippen LogP contribution in [0.3, 0.4) is 0 Å². The van der Waals surface area contributed by atoms with Crippen LogP contribution in [0.5, 0.6) is 0 Å². The van der Waals surface area contributed by atoms with E-state index in [4.69, 9.17) is 9.84 Å². The van der Waals surface area contributed by atoms with Crippen molar-refractivity contribution in [2.24, 2.45) is 0 Å². The molecule has 0 amide bonds. The molecule has 0 unspecified atom stereocenters. The Morgan fingerprint density at radius 3 is 2.94 bits per heavy atom. The maximum atomic E-state index is 8.50. The number of hydrogen-bond acceptors (Lipinski definition) is 4. The van der Waals surface area contributed by atoms with E-state index < -0.39 is 0 Å². The molecule has 1 aromatic rings. The molecule has 0 aromatic carbocycles. The fourth-order valence-corrected chi connectivity index (χ4v) is 1.29. The Hall–Kier alpha value is -0.910. The molecule has 1 rings (SSSR count). The number of rotatable bonds is 8. The minimum absolute atomic E-state index is 0.0821. The van der Waals surface area contributed by atoms with Gasteiger partial charge in [0, 0.05) is 25.3 Å². The zero-order valence-electron chi connectivity index (χ0n) is 10.0. The van der Waals surface area contributed by atoms with Gasteiger partial charge in [-0.15, -0.1) is 0 Å². The number of hydrogen-bond donors (Lipinski definition) is 2. The van der Waals surface area contributed by atoms with Gasteiger partial charge >= 0.3 is 0 Å². The average molecular weight is 227 g/mol. The third-order valence-corrected chi connectivity index (χ3v) is 2.16. The zero-order chi connectivity index (χ0) is 11.8. The minimum atomic E-state index is 0.0821. The predicted molar refractivity (Wildman–Crippen MR) is 62.2 cm³/mol. The summed E-state index contributed by atoms with van der Waals surface area (Å²) in [5, 5.41) is 16.1. The Morgan fingerprint density at radius 2 is 2.31 bits per heavy atom. The summed E-state index contributed by atoms with van der Waals surface area (Å²) in [6, 6.07) is 2.42. The van der Waals surface area contributed by atoms with Gasteiger partial charge in [0.15, 0.2) is 0 Å². The molecule has 0 fully saturated rings. The quantitative estimate of drug-likeness (QED) is 0.637. The number of aliphatic hydroxyl groups is 1. The van der Waals surface area contributed by atoms with Gasteiger partial charge in [0.05, 0.1) is 25.5 Å². The van der Waals surface area contributed by atoms with Crippen molar-refractivity contribution in [2.45, 2.75) is 26.4 Å². The number of ether oxygens (including phenoxy) is 1. The largest absolute Gasteiger partial charge is 0.394 e. The molecule has 0 bridgehead atoms. The van der Waals surface area contributed by atoms with E-state index in [0.29, 0.717) is 19.3 Å². The topological polar surface area (TPSA) is 59.3 Å². The molecule has 2 N–H and O–H groups in total. The standard InChI is InChI=1S/C11H21N3O2/c1-10(2)14-5-3-11(13-14)9-12-4-7-16-8-6-15/h3,5,10,12,15H,4,6-9H2,1-2H3. The second-order valence-corrected chi connectivity index (χ2v) is 3.89. The van der Waals surface area contributed by atoms with E-state index in [1.54, 1.807) is 0 Å². The Kier molecular flexibility index (Phi) is 6.07. The van der Waals surface area contributed by atoms with Gasteiger partial charge in [0.2, 0.25) is 0 Å². The van der Waals surface area contributed by atoms with Crippen LogP contribution in [0.15, 0.2) is 12.3 Å². The van der Waals surface area contributed by atoms with E-state index in [9.17, 15) is 0 Å². The molecule has 1 heterocycles. The number of nitrogens with zero attached hydrogens (tertiary/aromatic N) is 2. The molecule has 0 atom stereocenters. The molecule has 92 valence electrons. The summed E-state index contributed by atoms with van der Waals surface area (Å²) < 4.78 is 7.07. The summed E-state index contributed by atoms with van der Waals surface area (Å²) in [6.07, 6.45) is 1.99. The number of aromatic nitrogens is 2. The fourth-order valence-electron chi connectivity index (χ4n) is 1.29. The lowest BCUT2D eigenvalue weighted by Crippen LogP contribution is -2.20. The van der Waals surface area contributed by atoms with Crippen LogP contribution in [0.4, 0.5) is 0 Å². The lowest BCUT2D eigenvalue weighted by molar-refractivity contribution is 0.0937. The summed E-state index contributed by atoms with van der Waals surface area (Å²) in [7, 11) is 0. The van der Waals surface area contributed by atoms with Gasteiger partial charge in [-0.2, -0.15) is 5.10 Å². The summed E-state index contributed by atoms with van der Waals surface area (Å²) >= 11 is 0. The molecule has 5 nitrogen and oxygen atoms in total. The van der Waals surface area contributed by atoms with Crippen molar-refractivity contribution in [2.75, 3.05) is 26.4 Å². The highest BCUT2D eigenvalue weighted by molar-refractivity contribution is 4.98. The summed E-state index contributed by atoms with van der Waals surface area (Å²) in [4.78, 5) is 0. The van der Waals surface area contributed by atoms with E-state index in [1.807, 2.05) is 16.9 Å². The number of aliphatic hydroxyl groups excluding tert-OH is 1. The lowest BCUT2D eigenvalue weighted by Gasteiger charge is -2.05. The van der Waals surface area contributed by atoms with Crippen LogP contribution in [0.25, 0.3) is 0 Å². The molecular weight excluding hydrogens is 206 g/mol. The first kappa shape index (κ1) is 13.2. The van der Waals surface area contributed by atoms with Crippen molar-refractivity contribution >= 4 is 0 Å². The Morgan fingerprint density at radius 1 is 1.50 bits per heavy atom. The molecule has 0 aliphatic heterocycles. The first-order chi connectivity index (χ1) is 7.74. The van der Waals surface area contributed by atoms with Crippen LogP contribution in [0.1, 0.15) is 25.6 Å². The Balaban J connectivity index is 2.12. The molecule has 5 heteroatoms. The normalized spacial score (nSPS) is 11.2. The van der Waals surface area contributed by atoms with Crippen molar-refractivity contribution in [3.8, 4) is 0 Å². The van der Waals surface area contributed by atoms with E-state index in [0.717, 1.165) is 18.8 Å². The van der Waals surface area contributed by atoms with Crippen LogP contribution in [0, 0.1) is 0 Å².